The van der Waals surface area contributed by atoms with Gasteiger partial charge in [-0.25, -0.2) is 0 Å². The van der Waals surface area contributed by atoms with E-state index in [0.717, 1.165) is 11.1 Å². The second-order valence-electron chi connectivity index (χ2n) is 5.23. The summed E-state index contributed by atoms with van der Waals surface area (Å²) in [6.07, 6.45) is 0.0548. The van der Waals surface area contributed by atoms with Crippen molar-refractivity contribution in [1.82, 2.24) is 0 Å². The van der Waals surface area contributed by atoms with Crippen LogP contribution in [-0.4, -0.2) is 39.5 Å². The Labute approximate surface area is 129 Å². The Morgan fingerprint density at radius 3 is 2.14 bits per heavy atom. The van der Waals surface area contributed by atoms with Crippen molar-refractivity contribution in [3.05, 3.63) is 16.7 Å². The molecule has 0 heterocycles. The van der Waals surface area contributed by atoms with E-state index >= 15 is 0 Å². The fourth-order valence-corrected chi connectivity index (χ4v) is 3.21. The van der Waals surface area contributed by atoms with Crippen molar-refractivity contribution in [2.45, 2.75) is 25.9 Å². The van der Waals surface area contributed by atoms with Gasteiger partial charge in [-0.3, -0.25) is 4.79 Å². The first-order valence-corrected chi connectivity index (χ1v) is 7.08. The predicted octanol–water partition coefficient (Wildman–Crippen LogP) is 1.79. The fraction of sp³-hybridized carbons (Fsp3) is 0.562. The SMILES string of the molecule is COC(=O)[C@@H]1CCc2c(OC)c(OC)c(C)c(OC)c2[C@@H]1O. The molecule has 1 aromatic carbocycles. The van der Waals surface area contributed by atoms with E-state index in [1.165, 1.54) is 14.2 Å². The van der Waals surface area contributed by atoms with Crippen LogP contribution in [0, 0.1) is 12.8 Å². The number of benzene rings is 1. The summed E-state index contributed by atoms with van der Waals surface area (Å²) in [6.45, 7) is 1.83. The lowest BCUT2D eigenvalue weighted by Gasteiger charge is -2.32. The summed E-state index contributed by atoms with van der Waals surface area (Å²) in [5, 5.41) is 10.7. The Kier molecular flexibility index (Phi) is 4.81. The number of ether oxygens (including phenoxy) is 4. The average molecular weight is 310 g/mol. The van der Waals surface area contributed by atoms with E-state index in [4.69, 9.17) is 18.9 Å². The molecule has 0 saturated carbocycles. The van der Waals surface area contributed by atoms with Gasteiger partial charge in [0, 0.05) is 16.7 Å². The third kappa shape index (κ3) is 2.37. The van der Waals surface area contributed by atoms with Gasteiger partial charge in [0.2, 0.25) is 0 Å². The molecule has 2 rings (SSSR count). The number of hydrogen-bond donors (Lipinski definition) is 1. The Morgan fingerprint density at radius 1 is 1.05 bits per heavy atom. The minimum Gasteiger partial charge on any atom is -0.496 e. The highest BCUT2D eigenvalue weighted by Crippen LogP contribution is 2.50. The Hall–Kier alpha value is -1.95. The molecule has 0 unspecified atom stereocenters. The van der Waals surface area contributed by atoms with Crippen molar-refractivity contribution in [2.24, 2.45) is 5.92 Å². The number of fused-ring (bicyclic) bond motifs is 1. The third-order valence-corrected chi connectivity index (χ3v) is 4.23. The van der Waals surface area contributed by atoms with Crippen LogP contribution < -0.4 is 14.2 Å². The number of methoxy groups -OCH3 is 4. The lowest BCUT2D eigenvalue weighted by molar-refractivity contribution is -0.150. The number of esters is 1. The van der Waals surface area contributed by atoms with Crippen LogP contribution in [0.3, 0.4) is 0 Å². The molecule has 0 saturated heterocycles. The van der Waals surface area contributed by atoms with Crippen molar-refractivity contribution in [3.8, 4) is 17.2 Å². The maximum atomic E-state index is 11.9. The van der Waals surface area contributed by atoms with Gasteiger partial charge < -0.3 is 24.1 Å². The van der Waals surface area contributed by atoms with E-state index < -0.39 is 18.0 Å². The molecule has 0 radical (unpaired) electrons. The maximum absolute atomic E-state index is 11.9. The zero-order valence-electron chi connectivity index (χ0n) is 13.6. The van der Waals surface area contributed by atoms with Gasteiger partial charge >= 0.3 is 5.97 Å². The molecule has 0 bridgehead atoms. The van der Waals surface area contributed by atoms with Gasteiger partial charge in [0.1, 0.15) is 5.75 Å². The summed E-state index contributed by atoms with van der Waals surface area (Å²) >= 11 is 0. The second kappa shape index (κ2) is 6.44. The predicted molar refractivity (Wildman–Crippen MR) is 79.6 cm³/mol. The van der Waals surface area contributed by atoms with E-state index in [-0.39, 0.29) is 0 Å². The fourth-order valence-electron chi connectivity index (χ4n) is 3.21. The molecule has 0 fully saturated rings. The number of aliphatic hydroxyl groups excluding tert-OH is 1. The zero-order chi connectivity index (χ0) is 16.4. The van der Waals surface area contributed by atoms with Crippen LogP contribution in [0.5, 0.6) is 17.2 Å². The van der Waals surface area contributed by atoms with Crippen molar-refractivity contribution in [3.63, 3.8) is 0 Å². The van der Waals surface area contributed by atoms with Gasteiger partial charge in [-0.2, -0.15) is 0 Å². The Balaban J connectivity index is 2.68. The average Bonchev–Trinajstić information content (AvgIpc) is 2.53. The minimum atomic E-state index is -0.996. The van der Waals surface area contributed by atoms with E-state index in [1.807, 2.05) is 6.92 Å². The van der Waals surface area contributed by atoms with Crippen molar-refractivity contribution >= 4 is 5.97 Å². The van der Waals surface area contributed by atoms with Crippen molar-refractivity contribution < 1.29 is 28.8 Å². The molecule has 1 N–H and O–H groups in total. The van der Waals surface area contributed by atoms with Crippen LogP contribution in [0.25, 0.3) is 0 Å². The molecule has 6 heteroatoms. The normalized spacial score (nSPS) is 20.1. The molecule has 0 aromatic heterocycles. The number of hydrogen-bond acceptors (Lipinski definition) is 6. The van der Waals surface area contributed by atoms with Gasteiger partial charge in [-0.05, 0) is 19.8 Å². The standard InChI is InChI=1S/C16H22O6/c1-8-13(19-2)11-9(15(21-4)14(8)20-3)6-7-10(12(11)17)16(18)22-5/h10,12,17H,6-7H2,1-5H3/t10-,12-/m1/s1. The summed E-state index contributed by atoms with van der Waals surface area (Å²) < 4.78 is 21.2. The van der Waals surface area contributed by atoms with Gasteiger partial charge in [-0.1, -0.05) is 0 Å². The molecule has 22 heavy (non-hydrogen) atoms. The third-order valence-electron chi connectivity index (χ3n) is 4.23. The molecule has 6 nitrogen and oxygen atoms in total. The molecule has 122 valence electrons. The molecule has 2 atom stereocenters. The largest absolute Gasteiger partial charge is 0.496 e. The molecule has 0 spiro atoms. The maximum Gasteiger partial charge on any atom is 0.311 e. The Bertz CT molecular complexity index is 581. The van der Waals surface area contributed by atoms with Gasteiger partial charge in [0.05, 0.1) is 40.5 Å². The smallest absolute Gasteiger partial charge is 0.311 e. The Morgan fingerprint density at radius 2 is 1.64 bits per heavy atom. The molecular formula is C16H22O6. The van der Waals surface area contributed by atoms with Crippen LogP contribution in [-0.2, 0) is 16.0 Å². The van der Waals surface area contributed by atoms with Crippen molar-refractivity contribution in [2.75, 3.05) is 28.4 Å². The molecule has 0 amide bonds. The zero-order valence-corrected chi connectivity index (χ0v) is 13.6. The van der Waals surface area contributed by atoms with Gasteiger partial charge in [0.25, 0.3) is 0 Å². The van der Waals surface area contributed by atoms with Gasteiger partial charge in [0.15, 0.2) is 11.5 Å². The summed E-state index contributed by atoms with van der Waals surface area (Å²) in [5.74, 6) is 0.658. The van der Waals surface area contributed by atoms with Crippen LogP contribution >= 0.6 is 0 Å². The van der Waals surface area contributed by atoms with Crippen LogP contribution in [0.2, 0.25) is 0 Å². The van der Waals surface area contributed by atoms with Crippen LogP contribution in [0.4, 0.5) is 0 Å². The number of carbonyl (C=O) groups excluding carboxylic acids is 1. The van der Waals surface area contributed by atoms with Crippen LogP contribution in [0.1, 0.15) is 29.2 Å². The number of carbonyl (C=O) groups is 1. The molecular weight excluding hydrogens is 288 g/mol. The van der Waals surface area contributed by atoms with E-state index in [0.29, 0.717) is 35.7 Å². The van der Waals surface area contributed by atoms with Crippen molar-refractivity contribution in [1.29, 1.82) is 0 Å². The van der Waals surface area contributed by atoms with E-state index in [9.17, 15) is 9.90 Å². The van der Waals surface area contributed by atoms with E-state index in [1.54, 1.807) is 14.2 Å². The number of aliphatic hydroxyl groups is 1. The second-order valence-corrected chi connectivity index (χ2v) is 5.23. The first kappa shape index (κ1) is 16.4. The van der Waals surface area contributed by atoms with E-state index in [2.05, 4.69) is 0 Å². The summed E-state index contributed by atoms with van der Waals surface area (Å²) in [4.78, 5) is 11.9. The molecule has 1 aromatic rings. The molecule has 1 aliphatic carbocycles. The highest BCUT2D eigenvalue weighted by atomic mass is 16.5. The first-order valence-electron chi connectivity index (χ1n) is 7.08. The first-order chi connectivity index (χ1) is 10.5. The molecule has 1 aliphatic rings. The lowest BCUT2D eigenvalue weighted by Crippen LogP contribution is -2.29. The number of rotatable bonds is 4. The summed E-state index contributed by atoms with van der Waals surface area (Å²) in [7, 11) is 5.97. The van der Waals surface area contributed by atoms with Crippen LogP contribution in [0.15, 0.2) is 0 Å². The topological polar surface area (TPSA) is 74.2 Å². The lowest BCUT2D eigenvalue weighted by atomic mass is 9.79. The minimum absolute atomic E-state index is 0.423. The van der Waals surface area contributed by atoms with Gasteiger partial charge in [-0.15, -0.1) is 0 Å². The summed E-state index contributed by atoms with van der Waals surface area (Å²) in [6, 6.07) is 0. The molecule has 0 aliphatic heterocycles. The summed E-state index contributed by atoms with van der Waals surface area (Å²) in [5.41, 5.74) is 2.12. The highest BCUT2D eigenvalue weighted by Gasteiger charge is 2.39. The monoisotopic (exact) mass is 310 g/mol. The highest BCUT2D eigenvalue weighted by molar-refractivity contribution is 5.75. The quantitative estimate of drug-likeness (QED) is 0.855.